The van der Waals surface area contributed by atoms with Gasteiger partial charge in [-0.15, -0.1) is 0 Å². The van der Waals surface area contributed by atoms with Crippen molar-refractivity contribution in [1.82, 2.24) is 9.97 Å². The number of halogens is 1. The summed E-state index contributed by atoms with van der Waals surface area (Å²) in [6, 6.07) is 1.78. The predicted molar refractivity (Wildman–Crippen MR) is 54.3 cm³/mol. The highest BCUT2D eigenvalue weighted by Crippen LogP contribution is 2.41. The van der Waals surface area contributed by atoms with E-state index >= 15 is 0 Å². The first-order chi connectivity index (χ1) is 6.74. The van der Waals surface area contributed by atoms with Crippen molar-refractivity contribution in [3.8, 4) is 0 Å². The minimum atomic E-state index is 0.0480. The van der Waals surface area contributed by atoms with Gasteiger partial charge in [-0.25, -0.2) is 9.97 Å². The second-order valence-corrected chi connectivity index (χ2v) is 3.93. The summed E-state index contributed by atoms with van der Waals surface area (Å²) in [5, 5.41) is 12.4. The van der Waals surface area contributed by atoms with Gasteiger partial charge in [0.1, 0.15) is 5.82 Å². The van der Waals surface area contributed by atoms with Crippen LogP contribution in [-0.2, 0) is 0 Å². The third-order valence-electron chi connectivity index (χ3n) is 2.46. The minimum absolute atomic E-state index is 0.0480. The highest BCUT2D eigenvalue weighted by Gasteiger charge is 2.42. The van der Waals surface area contributed by atoms with Gasteiger partial charge in [0.2, 0.25) is 5.28 Å². The maximum Gasteiger partial charge on any atom is 0.224 e. The Morgan fingerprint density at radius 1 is 1.57 bits per heavy atom. The van der Waals surface area contributed by atoms with Gasteiger partial charge in [-0.1, -0.05) is 0 Å². The number of rotatable bonds is 4. The molecule has 0 atom stereocenters. The lowest BCUT2D eigenvalue weighted by Crippen LogP contribution is -2.23. The Hall–Kier alpha value is -0.870. The SMILES string of the molecule is OCCC1(Nc2ccnc(Cl)n2)CC1. The standard InChI is InChI=1S/C9H12ClN3O/c10-8-11-5-1-7(12-8)13-9(2-3-9)4-6-14/h1,5,14H,2-4,6H2,(H,11,12,13). The monoisotopic (exact) mass is 213 g/mol. The summed E-state index contributed by atoms with van der Waals surface area (Å²) in [7, 11) is 0. The van der Waals surface area contributed by atoms with Gasteiger partial charge in [-0.05, 0) is 36.9 Å². The first-order valence-corrected chi connectivity index (χ1v) is 4.99. The maximum absolute atomic E-state index is 8.88. The second kappa shape index (κ2) is 3.71. The van der Waals surface area contributed by atoms with Gasteiger partial charge < -0.3 is 10.4 Å². The van der Waals surface area contributed by atoms with E-state index in [1.54, 1.807) is 12.3 Å². The van der Waals surface area contributed by atoms with E-state index in [1.807, 2.05) is 0 Å². The molecule has 0 radical (unpaired) electrons. The van der Waals surface area contributed by atoms with E-state index < -0.39 is 0 Å². The van der Waals surface area contributed by atoms with E-state index in [9.17, 15) is 0 Å². The van der Waals surface area contributed by atoms with Crippen molar-refractivity contribution in [3.05, 3.63) is 17.5 Å². The molecule has 0 saturated heterocycles. The van der Waals surface area contributed by atoms with Crippen molar-refractivity contribution in [1.29, 1.82) is 0 Å². The Morgan fingerprint density at radius 3 is 2.93 bits per heavy atom. The predicted octanol–water partition coefficient (Wildman–Crippen LogP) is 1.46. The number of nitrogens with zero attached hydrogens (tertiary/aromatic N) is 2. The van der Waals surface area contributed by atoms with Gasteiger partial charge in [-0.2, -0.15) is 0 Å². The van der Waals surface area contributed by atoms with Crippen molar-refractivity contribution in [2.75, 3.05) is 11.9 Å². The van der Waals surface area contributed by atoms with Crippen molar-refractivity contribution in [3.63, 3.8) is 0 Å². The van der Waals surface area contributed by atoms with Crippen LogP contribution in [0.15, 0.2) is 12.3 Å². The summed E-state index contributed by atoms with van der Waals surface area (Å²) >= 11 is 5.66. The molecular formula is C9H12ClN3O. The largest absolute Gasteiger partial charge is 0.396 e. The first-order valence-electron chi connectivity index (χ1n) is 4.62. The summed E-state index contributed by atoms with van der Waals surface area (Å²) in [6.45, 7) is 0.200. The number of aliphatic hydroxyl groups excluding tert-OH is 1. The Kier molecular flexibility index (Phi) is 2.56. The average Bonchev–Trinajstić information content (AvgIpc) is 2.85. The smallest absolute Gasteiger partial charge is 0.224 e. The van der Waals surface area contributed by atoms with Crippen molar-refractivity contribution < 1.29 is 5.11 Å². The Morgan fingerprint density at radius 2 is 2.36 bits per heavy atom. The number of aliphatic hydroxyl groups is 1. The highest BCUT2D eigenvalue weighted by molar-refractivity contribution is 6.28. The van der Waals surface area contributed by atoms with E-state index in [4.69, 9.17) is 16.7 Å². The number of hydrogen-bond acceptors (Lipinski definition) is 4. The van der Waals surface area contributed by atoms with Crippen LogP contribution in [0.1, 0.15) is 19.3 Å². The lowest BCUT2D eigenvalue weighted by Gasteiger charge is -2.16. The van der Waals surface area contributed by atoms with Crippen LogP contribution in [0.2, 0.25) is 5.28 Å². The third kappa shape index (κ3) is 2.13. The van der Waals surface area contributed by atoms with Crippen LogP contribution >= 0.6 is 11.6 Å². The molecule has 1 aliphatic rings. The Balaban J connectivity index is 2.03. The van der Waals surface area contributed by atoms with Crippen molar-refractivity contribution >= 4 is 17.4 Å². The molecule has 14 heavy (non-hydrogen) atoms. The van der Waals surface area contributed by atoms with Gasteiger partial charge in [0.15, 0.2) is 0 Å². The molecule has 0 spiro atoms. The van der Waals surface area contributed by atoms with Crippen LogP contribution < -0.4 is 5.32 Å². The zero-order valence-electron chi connectivity index (χ0n) is 7.70. The van der Waals surface area contributed by atoms with Gasteiger partial charge in [0.25, 0.3) is 0 Å². The molecule has 1 fully saturated rings. The molecule has 0 amide bonds. The van der Waals surface area contributed by atoms with Crippen LogP contribution in [0, 0.1) is 0 Å². The molecule has 1 aromatic heterocycles. The minimum Gasteiger partial charge on any atom is -0.396 e. The Labute approximate surface area is 87.3 Å². The second-order valence-electron chi connectivity index (χ2n) is 3.59. The molecule has 2 rings (SSSR count). The van der Waals surface area contributed by atoms with E-state index in [2.05, 4.69) is 15.3 Å². The number of aromatic nitrogens is 2. The summed E-state index contributed by atoms with van der Waals surface area (Å²) in [4.78, 5) is 7.84. The zero-order chi connectivity index (χ0) is 10.0. The van der Waals surface area contributed by atoms with Crippen molar-refractivity contribution in [2.24, 2.45) is 0 Å². The third-order valence-corrected chi connectivity index (χ3v) is 2.65. The average molecular weight is 214 g/mol. The number of anilines is 1. The van der Waals surface area contributed by atoms with Crippen LogP contribution in [-0.4, -0.2) is 27.2 Å². The van der Waals surface area contributed by atoms with Gasteiger partial charge >= 0.3 is 0 Å². The zero-order valence-corrected chi connectivity index (χ0v) is 8.46. The van der Waals surface area contributed by atoms with Crippen LogP contribution in [0.5, 0.6) is 0 Å². The fourth-order valence-electron chi connectivity index (χ4n) is 1.48. The molecular weight excluding hydrogens is 202 g/mol. The van der Waals surface area contributed by atoms with Crippen LogP contribution in [0.4, 0.5) is 5.82 Å². The van der Waals surface area contributed by atoms with E-state index in [0.717, 1.165) is 25.1 Å². The van der Waals surface area contributed by atoms with E-state index in [1.165, 1.54) is 0 Å². The lowest BCUT2D eigenvalue weighted by molar-refractivity contribution is 0.276. The molecule has 1 heterocycles. The maximum atomic E-state index is 8.88. The molecule has 5 heteroatoms. The molecule has 0 aromatic carbocycles. The molecule has 0 bridgehead atoms. The molecule has 0 aliphatic heterocycles. The van der Waals surface area contributed by atoms with Gasteiger partial charge in [0.05, 0.1) is 0 Å². The van der Waals surface area contributed by atoms with Crippen LogP contribution in [0.25, 0.3) is 0 Å². The van der Waals surface area contributed by atoms with E-state index in [0.29, 0.717) is 0 Å². The summed E-state index contributed by atoms with van der Waals surface area (Å²) in [6.07, 6.45) is 4.53. The topological polar surface area (TPSA) is 58.0 Å². The van der Waals surface area contributed by atoms with E-state index in [-0.39, 0.29) is 17.4 Å². The van der Waals surface area contributed by atoms with Crippen molar-refractivity contribution in [2.45, 2.75) is 24.8 Å². The molecule has 1 saturated carbocycles. The van der Waals surface area contributed by atoms with Gasteiger partial charge in [-0.3, -0.25) is 0 Å². The van der Waals surface area contributed by atoms with Gasteiger partial charge in [0, 0.05) is 18.3 Å². The molecule has 2 N–H and O–H groups in total. The quantitative estimate of drug-likeness (QED) is 0.744. The lowest BCUT2D eigenvalue weighted by atomic mass is 10.2. The summed E-state index contributed by atoms with van der Waals surface area (Å²) in [5.74, 6) is 0.732. The highest BCUT2D eigenvalue weighted by atomic mass is 35.5. The summed E-state index contributed by atoms with van der Waals surface area (Å²) < 4.78 is 0. The Bertz CT molecular complexity index is 328. The van der Waals surface area contributed by atoms with Crippen LogP contribution in [0.3, 0.4) is 0 Å². The molecule has 1 aromatic rings. The molecule has 0 unspecified atom stereocenters. The molecule has 76 valence electrons. The molecule has 4 nitrogen and oxygen atoms in total. The number of hydrogen-bond donors (Lipinski definition) is 2. The fourth-order valence-corrected chi connectivity index (χ4v) is 1.63. The summed E-state index contributed by atoms with van der Waals surface area (Å²) in [5.41, 5.74) is 0.0480. The molecule has 1 aliphatic carbocycles. The normalized spacial score (nSPS) is 17.9. The number of nitrogens with one attached hydrogen (secondary N) is 1. The fraction of sp³-hybridized carbons (Fsp3) is 0.556. The first kappa shape index (κ1) is 9.68.